The Bertz CT molecular complexity index is 1740. The molecule has 22 heteroatoms. The number of ether oxygens (including phenoxy) is 6. The van der Waals surface area contributed by atoms with Crippen LogP contribution >= 0.6 is 0 Å². The van der Waals surface area contributed by atoms with Gasteiger partial charge in [0.2, 0.25) is 17.7 Å². The summed E-state index contributed by atoms with van der Waals surface area (Å²) in [7, 11) is 0. The predicted molar refractivity (Wildman–Crippen MR) is 249 cm³/mol. The topological polar surface area (TPSA) is 264 Å². The molecule has 4 atom stereocenters. The molecule has 3 amide bonds. The van der Waals surface area contributed by atoms with Gasteiger partial charge in [-0.2, -0.15) is 0 Å². The van der Waals surface area contributed by atoms with Crippen LogP contribution in [-0.4, -0.2) is 216 Å². The van der Waals surface area contributed by atoms with Crippen molar-refractivity contribution in [1.82, 2.24) is 35.6 Å². The predicted octanol–water partition coefficient (Wildman–Crippen LogP) is 0.0802. The molecule has 3 aliphatic heterocycles. The van der Waals surface area contributed by atoms with E-state index >= 15 is 0 Å². The van der Waals surface area contributed by atoms with Crippen molar-refractivity contribution in [2.75, 3.05) is 98.2 Å². The monoisotopic (exact) mass is 984 g/mol. The lowest BCUT2D eigenvalue weighted by Crippen LogP contribution is -2.51. The van der Waals surface area contributed by atoms with Gasteiger partial charge in [0, 0.05) is 71.4 Å². The molecule has 22 nitrogen and oxygen atoms in total. The number of aliphatic hydroxyl groups excluding tert-OH is 1. The number of aliphatic hydroxyl groups is 1. The second kappa shape index (κ2) is 24.4. The number of rotatable bonds is 16. The van der Waals surface area contributed by atoms with E-state index < -0.39 is 70.6 Å². The second-order valence-electron chi connectivity index (χ2n) is 22.1. The largest absolute Gasteiger partial charge is 0.477 e. The van der Waals surface area contributed by atoms with Gasteiger partial charge in [-0.3, -0.25) is 48.4 Å². The van der Waals surface area contributed by atoms with Crippen LogP contribution in [0.1, 0.15) is 102 Å². The Labute approximate surface area is 407 Å². The molecule has 69 heavy (non-hydrogen) atoms. The number of esters is 3. The van der Waals surface area contributed by atoms with E-state index in [1.54, 1.807) is 62.3 Å². The number of carbonyl (C=O) groups is 7. The van der Waals surface area contributed by atoms with E-state index in [-0.39, 0.29) is 68.8 Å². The molecule has 0 spiro atoms. The normalized spacial score (nSPS) is 26.9. The van der Waals surface area contributed by atoms with Crippen molar-refractivity contribution in [2.24, 2.45) is 11.8 Å². The Morgan fingerprint density at radius 2 is 1.00 bits per heavy atom. The molecule has 0 aromatic heterocycles. The maximum absolute atomic E-state index is 13.4. The quantitative estimate of drug-likeness (QED) is 0.101. The molecule has 394 valence electrons. The summed E-state index contributed by atoms with van der Waals surface area (Å²) in [5.41, 5.74) is -2.07. The first-order chi connectivity index (χ1) is 31.9. The summed E-state index contributed by atoms with van der Waals surface area (Å²) in [4.78, 5) is 98.2. The van der Waals surface area contributed by atoms with Crippen molar-refractivity contribution in [2.45, 2.75) is 149 Å². The molecule has 1 saturated carbocycles. The van der Waals surface area contributed by atoms with Crippen LogP contribution in [0.4, 0.5) is 0 Å². The first-order valence-electron chi connectivity index (χ1n) is 24.2. The van der Waals surface area contributed by atoms with Crippen LogP contribution < -0.4 is 16.0 Å². The second-order valence-corrected chi connectivity index (χ2v) is 22.1. The van der Waals surface area contributed by atoms with Crippen LogP contribution in [0.2, 0.25) is 0 Å². The molecule has 5 N–H and O–H groups in total. The van der Waals surface area contributed by atoms with Gasteiger partial charge >= 0.3 is 29.7 Å². The van der Waals surface area contributed by atoms with Gasteiger partial charge in [-0.1, -0.05) is 0 Å². The zero-order valence-corrected chi connectivity index (χ0v) is 42.8. The van der Waals surface area contributed by atoms with Crippen LogP contribution in [0, 0.1) is 11.8 Å². The Morgan fingerprint density at radius 3 is 1.39 bits per heavy atom. The van der Waals surface area contributed by atoms with Crippen molar-refractivity contribution in [3.8, 4) is 0 Å². The third-order valence-electron chi connectivity index (χ3n) is 11.8. The molecule has 3 saturated heterocycles. The molecule has 0 bridgehead atoms. The van der Waals surface area contributed by atoms with Crippen molar-refractivity contribution < 1.29 is 72.2 Å². The number of carbonyl (C=O) groups excluding carboxylic acids is 6. The summed E-state index contributed by atoms with van der Waals surface area (Å²) in [6.45, 7) is 22.2. The average molecular weight is 984 g/mol. The Kier molecular flexibility index (Phi) is 20.3. The Hall–Kier alpha value is -4.03. The first kappa shape index (κ1) is 57.5. The van der Waals surface area contributed by atoms with Crippen molar-refractivity contribution in [3.05, 3.63) is 0 Å². The van der Waals surface area contributed by atoms with E-state index in [2.05, 4.69) is 16.0 Å². The van der Waals surface area contributed by atoms with Gasteiger partial charge in [0.25, 0.3) is 0 Å². The minimum absolute atomic E-state index is 0.00901. The van der Waals surface area contributed by atoms with Gasteiger partial charge in [-0.05, 0) is 108 Å². The summed E-state index contributed by atoms with van der Waals surface area (Å²) < 4.78 is 33.7. The van der Waals surface area contributed by atoms with E-state index in [9.17, 15) is 43.8 Å². The molecular weight excluding hydrogens is 903 g/mol. The van der Waals surface area contributed by atoms with E-state index in [0.29, 0.717) is 84.6 Å². The fourth-order valence-electron chi connectivity index (χ4n) is 8.70. The summed E-state index contributed by atoms with van der Waals surface area (Å²) >= 11 is 0. The van der Waals surface area contributed by atoms with Gasteiger partial charge in [-0.15, -0.1) is 0 Å². The molecule has 4 rings (SSSR count). The molecular formula is C47H81N7O15. The molecule has 4 aliphatic rings. The van der Waals surface area contributed by atoms with Crippen LogP contribution in [0.3, 0.4) is 0 Å². The third kappa shape index (κ3) is 19.6. The van der Waals surface area contributed by atoms with Crippen LogP contribution in [0.25, 0.3) is 0 Å². The van der Waals surface area contributed by atoms with Gasteiger partial charge in [0.15, 0.2) is 11.9 Å². The minimum atomic E-state index is -2.17. The summed E-state index contributed by atoms with van der Waals surface area (Å²) in [6.07, 6.45) is -1.20. The van der Waals surface area contributed by atoms with Crippen molar-refractivity contribution in [1.29, 1.82) is 0 Å². The number of nitrogens with zero attached hydrogens (tertiary/aromatic N) is 4. The number of nitrogens with one attached hydrogen (secondary N) is 3. The summed E-state index contributed by atoms with van der Waals surface area (Å²) in [5, 5.41) is 29.0. The molecule has 0 unspecified atom stereocenters. The lowest BCUT2D eigenvalue weighted by atomic mass is 9.81. The maximum Gasteiger partial charge on any atom is 0.367 e. The highest BCUT2D eigenvalue weighted by Crippen LogP contribution is 2.45. The lowest BCUT2D eigenvalue weighted by molar-refractivity contribution is -0.262. The Balaban J connectivity index is 1.28. The number of carboxylic acids is 1. The molecule has 1 aliphatic carbocycles. The fourth-order valence-corrected chi connectivity index (χ4v) is 8.70. The van der Waals surface area contributed by atoms with E-state index in [0.717, 1.165) is 0 Å². The lowest BCUT2D eigenvalue weighted by Gasteiger charge is -2.34. The van der Waals surface area contributed by atoms with Gasteiger partial charge in [0.1, 0.15) is 29.0 Å². The summed E-state index contributed by atoms with van der Waals surface area (Å²) in [6, 6.07) is 0. The maximum atomic E-state index is 13.4. The van der Waals surface area contributed by atoms with Gasteiger partial charge in [0.05, 0.1) is 32.7 Å². The Morgan fingerprint density at radius 1 is 0.580 bits per heavy atom. The number of hydrogen-bond acceptors (Lipinski definition) is 18. The average Bonchev–Trinajstić information content (AvgIpc) is 3.64. The highest BCUT2D eigenvalue weighted by Gasteiger charge is 2.69. The van der Waals surface area contributed by atoms with Crippen LogP contribution in [0.5, 0.6) is 0 Å². The zero-order valence-electron chi connectivity index (χ0n) is 42.8. The number of carboxylic acid groups (broad SMARTS) is 1. The molecule has 0 aromatic rings. The SMILES string of the molecule is CC(C)(C)OC(=O)CN1CCN(CC(=O)NCC(=O)NCC2CCC(C(=O)NC[C@@H]3O[C@]4(C(=O)O)OC(C)(C)O[C@@H]4[C@H]3O)CC2)CCN(CC(=O)OC(C)(C)C)CCN(CC(=O)OC(C)(C)C)CC1. The highest BCUT2D eigenvalue weighted by atomic mass is 16.9. The zero-order chi connectivity index (χ0) is 51.5. The smallest absolute Gasteiger partial charge is 0.367 e. The number of amides is 3. The van der Waals surface area contributed by atoms with Crippen molar-refractivity contribution in [3.63, 3.8) is 0 Å². The molecule has 0 aromatic carbocycles. The third-order valence-corrected chi connectivity index (χ3v) is 11.8. The number of hydrogen-bond donors (Lipinski definition) is 5. The number of aliphatic carboxylic acids is 1. The van der Waals surface area contributed by atoms with Gasteiger partial charge < -0.3 is 54.6 Å². The van der Waals surface area contributed by atoms with E-state index in [1.807, 2.05) is 19.6 Å². The minimum Gasteiger partial charge on any atom is -0.477 e. The molecule has 4 fully saturated rings. The van der Waals surface area contributed by atoms with Crippen molar-refractivity contribution >= 4 is 41.6 Å². The molecule has 0 radical (unpaired) electrons. The standard InChI is InChI=1S/C47H81N7O15/c1-43(2,3)65-36(57)28-52-18-16-51(17-19-53(29-37(58)66-44(4,5)6)21-23-54(22-20-52)30-38(59)67-45(7,8)9)27-35(56)49-26-34(55)48-24-31-12-14-32(15-13-31)41(61)50-25-33-39(60)40-47(64-33,42(62)63)69-46(10,11)68-40/h31-33,39-40,60H,12-30H2,1-11H3,(H,48,55)(H,49,56)(H,50,61)(H,62,63)/t31?,32?,33-,39-,40+,47-/m0/s1. The number of fused-ring (bicyclic) bond motifs is 1. The molecule has 3 heterocycles. The van der Waals surface area contributed by atoms with Crippen LogP contribution in [0.15, 0.2) is 0 Å². The summed E-state index contributed by atoms with van der Waals surface area (Å²) in [5.74, 6) is -7.28. The van der Waals surface area contributed by atoms with Crippen LogP contribution in [-0.2, 0) is 62.0 Å². The first-order valence-corrected chi connectivity index (χ1v) is 24.2. The van der Waals surface area contributed by atoms with E-state index in [4.69, 9.17) is 28.4 Å². The fraction of sp³-hybridized carbons (Fsp3) is 0.851. The van der Waals surface area contributed by atoms with E-state index in [1.165, 1.54) is 13.8 Å². The van der Waals surface area contributed by atoms with Gasteiger partial charge in [-0.25, -0.2) is 4.79 Å². The highest BCUT2D eigenvalue weighted by molar-refractivity contribution is 5.85.